The predicted octanol–water partition coefficient (Wildman–Crippen LogP) is 2.16. The Labute approximate surface area is 92.6 Å². The molecule has 1 unspecified atom stereocenters. The van der Waals surface area contributed by atoms with Gasteiger partial charge < -0.3 is 10.1 Å². The SMILES string of the molecule is CCOCC(Cc1ccccc1C)NC. The average Bonchev–Trinajstić information content (AvgIpc) is 2.26. The number of rotatable bonds is 6. The van der Waals surface area contributed by atoms with Crippen LogP contribution in [0.2, 0.25) is 0 Å². The van der Waals surface area contributed by atoms with Crippen molar-refractivity contribution in [1.82, 2.24) is 5.32 Å². The molecule has 15 heavy (non-hydrogen) atoms. The highest BCUT2D eigenvalue weighted by molar-refractivity contribution is 5.26. The molecule has 1 atom stereocenters. The molecule has 0 spiro atoms. The Kier molecular flexibility index (Phi) is 5.37. The maximum Gasteiger partial charge on any atom is 0.0622 e. The van der Waals surface area contributed by atoms with Gasteiger partial charge in [0.25, 0.3) is 0 Å². The van der Waals surface area contributed by atoms with Gasteiger partial charge in [0.05, 0.1) is 6.61 Å². The van der Waals surface area contributed by atoms with Gasteiger partial charge in [0.15, 0.2) is 0 Å². The Bertz CT molecular complexity index is 286. The van der Waals surface area contributed by atoms with E-state index in [4.69, 9.17) is 4.74 Å². The summed E-state index contributed by atoms with van der Waals surface area (Å²) in [5, 5.41) is 3.29. The van der Waals surface area contributed by atoms with Gasteiger partial charge in [0, 0.05) is 12.6 Å². The molecule has 84 valence electrons. The van der Waals surface area contributed by atoms with Gasteiger partial charge in [-0.05, 0) is 38.4 Å². The van der Waals surface area contributed by atoms with Crippen LogP contribution in [-0.4, -0.2) is 26.3 Å². The number of likely N-dealkylation sites (N-methyl/N-ethyl adjacent to an activating group) is 1. The highest BCUT2D eigenvalue weighted by atomic mass is 16.5. The molecular weight excluding hydrogens is 186 g/mol. The first kappa shape index (κ1) is 12.2. The number of nitrogens with one attached hydrogen (secondary N) is 1. The lowest BCUT2D eigenvalue weighted by molar-refractivity contribution is 0.125. The summed E-state index contributed by atoms with van der Waals surface area (Å²) in [6.07, 6.45) is 1.03. The van der Waals surface area contributed by atoms with Crippen LogP contribution in [0.3, 0.4) is 0 Å². The van der Waals surface area contributed by atoms with Crippen molar-refractivity contribution in [3.63, 3.8) is 0 Å². The van der Waals surface area contributed by atoms with Crippen LogP contribution in [0.25, 0.3) is 0 Å². The largest absolute Gasteiger partial charge is 0.380 e. The number of hydrogen-bond acceptors (Lipinski definition) is 2. The average molecular weight is 207 g/mol. The molecule has 0 saturated carbocycles. The molecule has 1 aromatic carbocycles. The maximum absolute atomic E-state index is 5.44. The number of ether oxygens (including phenoxy) is 1. The van der Waals surface area contributed by atoms with Crippen molar-refractivity contribution in [1.29, 1.82) is 0 Å². The van der Waals surface area contributed by atoms with Crippen molar-refractivity contribution in [3.8, 4) is 0 Å². The van der Waals surface area contributed by atoms with Crippen molar-refractivity contribution >= 4 is 0 Å². The molecule has 1 aromatic rings. The third kappa shape index (κ3) is 4.02. The van der Waals surface area contributed by atoms with E-state index in [9.17, 15) is 0 Å². The minimum absolute atomic E-state index is 0.408. The van der Waals surface area contributed by atoms with Crippen molar-refractivity contribution in [2.75, 3.05) is 20.3 Å². The molecule has 0 aromatic heterocycles. The monoisotopic (exact) mass is 207 g/mol. The first-order valence-electron chi connectivity index (χ1n) is 5.57. The molecule has 0 saturated heterocycles. The third-order valence-corrected chi connectivity index (χ3v) is 2.66. The van der Waals surface area contributed by atoms with Gasteiger partial charge in [-0.1, -0.05) is 24.3 Å². The highest BCUT2D eigenvalue weighted by Crippen LogP contribution is 2.09. The fourth-order valence-corrected chi connectivity index (χ4v) is 1.61. The molecular formula is C13H21NO. The van der Waals surface area contributed by atoms with E-state index in [2.05, 4.69) is 36.5 Å². The molecule has 0 aliphatic heterocycles. The van der Waals surface area contributed by atoms with Gasteiger partial charge >= 0.3 is 0 Å². The molecule has 0 aliphatic carbocycles. The minimum atomic E-state index is 0.408. The minimum Gasteiger partial charge on any atom is -0.380 e. The maximum atomic E-state index is 5.44. The molecule has 0 radical (unpaired) electrons. The fraction of sp³-hybridized carbons (Fsp3) is 0.538. The van der Waals surface area contributed by atoms with Crippen molar-refractivity contribution in [2.24, 2.45) is 0 Å². The molecule has 2 heteroatoms. The van der Waals surface area contributed by atoms with Crippen LogP contribution < -0.4 is 5.32 Å². The second kappa shape index (κ2) is 6.59. The van der Waals surface area contributed by atoms with Gasteiger partial charge in [0.2, 0.25) is 0 Å². The summed E-state index contributed by atoms with van der Waals surface area (Å²) < 4.78 is 5.44. The van der Waals surface area contributed by atoms with E-state index in [1.807, 2.05) is 14.0 Å². The normalized spacial score (nSPS) is 12.7. The second-order valence-corrected chi connectivity index (χ2v) is 3.78. The zero-order chi connectivity index (χ0) is 11.1. The smallest absolute Gasteiger partial charge is 0.0622 e. The van der Waals surface area contributed by atoms with Gasteiger partial charge in [-0.25, -0.2) is 0 Å². The van der Waals surface area contributed by atoms with Crippen LogP contribution in [0.15, 0.2) is 24.3 Å². The lowest BCUT2D eigenvalue weighted by Crippen LogP contribution is -2.32. The molecule has 1 N–H and O–H groups in total. The fourth-order valence-electron chi connectivity index (χ4n) is 1.61. The van der Waals surface area contributed by atoms with Crippen LogP contribution >= 0.6 is 0 Å². The summed E-state index contributed by atoms with van der Waals surface area (Å²) in [6.45, 7) is 5.75. The zero-order valence-corrected chi connectivity index (χ0v) is 9.92. The van der Waals surface area contributed by atoms with Crippen molar-refractivity contribution < 1.29 is 4.74 Å². The summed E-state index contributed by atoms with van der Waals surface area (Å²) in [6, 6.07) is 8.92. The standard InChI is InChI=1S/C13H21NO/c1-4-15-10-13(14-3)9-12-8-6-5-7-11(12)2/h5-8,13-14H,4,9-10H2,1-3H3. The summed E-state index contributed by atoms with van der Waals surface area (Å²) in [5.41, 5.74) is 2.76. The molecule has 2 nitrogen and oxygen atoms in total. The van der Waals surface area contributed by atoms with Gasteiger partial charge in [0.1, 0.15) is 0 Å². The third-order valence-electron chi connectivity index (χ3n) is 2.66. The predicted molar refractivity (Wildman–Crippen MR) is 64.2 cm³/mol. The Hall–Kier alpha value is -0.860. The molecule has 0 amide bonds. The van der Waals surface area contributed by atoms with E-state index in [1.165, 1.54) is 11.1 Å². The topological polar surface area (TPSA) is 21.3 Å². The van der Waals surface area contributed by atoms with Crippen LogP contribution in [0.5, 0.6) is 0 Å². The Morgan fingerprint density at radius 2 is 2.07 bits per heavy atom. The summed E-state index contributed by atoms with van der Waals surface area (Å²) in [7, 11) is 1.99. The van der Waals surface area contributed by atoms with E-state index in [-0.39, 0.29) is 0 Å². The van der Waals surface area contributed by atoms with Crippen molar-refractivity contribution in [2.45, 2.75) is 26.3 Å². The first-order chi connectivity index (χ1) is 7.27. The Morgan fingerprint density at radius 1 is 1.33 bits per heavy atom. The van der Waals surface area contributed by atoms with Gasteiger partial charge in [-0.3, -0.25) is 0 Å². The molecule has 0 bridgehead atoms. The van der Waals surface area contributed by atoms with E-state index in [1.54, 1.807) is 0 Å². The van der Waals surface area contributed by atoms with Crippen molar-refractivity contribution in [3.05, 3.63) is 35.4 Å². The van der Waals surface area contributed by atoms with Crippen LogP contribution in [0, 0.1) is 6.92 Å². The molecule has 0 heterocycles. The zero-order valence-electron chi connectivity index (χ0n) is 9.92. The number of aryl methyl sites for hydroxylation is 1. The van der Waals surface area contributed by atoms with Crippen LogP contribution in [0.4, 0.5) is 0 Å². The summed E-state index contributed by atoms with van der Waals surface area (Å²) >= 11 is 0. The molecule has 1 rings (SSSR count). The summed E-state index contributed by atoms with van der Waals surface area (Å²) in [5.74, 6) is 0. The Morgan fingerprint density at radius 3 is 2.67 bits per heavy atom. The lowest BCUT2D eigenvalue weighted by atomic mass is 10.0. The van der Waals surface area contributed by atoms with Crippen LogP contribution in [0.1, 0.15) is 18.1 Å². The highest BCUT2D eigenvalue weighted by Gasteiger charge is 2.08. The summed E-state index contributed by atoms with van der Waals surface area (Å²) in [4.78, 5) is 0. The molecule has 0 fully saturated rings. The number of benzene rings is 1. The van der Waals surface area contributed by atoms with E-state index >= 15 is 0 Å². The quantitative estimate of drug-likeness (QED) is 0.772. The number of hydrogen-bond donors (Lipinski definition) is 1. The van der Waals surface area contributed by atoms with Gasteiger partial charge in [-0.2, -0.15) is 0 Å². The Balaban J connectivity index is 2.54. The van der Waals surface area contributed by atoms with E-state index in [0.29, 0.717) is 6.04 Å². The molecule has 0 aliphatic rings. The van der Waals surface area contributed by atoms with Gasteiger partial charge in [-0.15, -0.1) is 0 Å². The van der Waals surface area contributed by atoms with E-state index in [0.717, 1.165) is 19.6 Å². The van der Waals surface area contributed by atoms with E-state index < -0.39 is 0 Å². The lowest BCUT2D eigenvalue weighted by Gasteiger charge is -2.17. The first-order valence-corrected chi connectivity index (χ1v) is 5.57. The second-order valence-electron chi connectivity index (χ2n) is 3.78. The van der Waals surface area contributed by atoms with Crippen LogP contribution in [-0.2, 0) is 11.2 Å².